The third kappa shape index (κ3) is 1.91. The van der Waals surface area contributed by atoms with E-state index in [1.54, 1.807) is 7.11 Å². The van der Waals surface area contributed by atoms with E-state index in [1.165, 1.54) is 22.3 Å². The zero-order chi connectivity index (χ0) is 13.3. The molecule has 0 aliphatic carbocycles. The molecule has 18 heavy (non-hydrogen) atoms. The Kier molecular flexibility index (Phi) is 3.64. The molecular formula is C15H23NO2. The first-order valence-corrected chi connectivity index (χ1v) is 6.49. The lowest BCUT2D eigenvalue weighted by molar-refractivity contribution is -0.0634. The van der Waals surface area contributed by atoms with Crippen molar-refractivity contribution in [1.82, 2.24) is 0 Å². The van der Waals surface area contributed by atoms with Gasteiger partial charge in [0.15, 0.2) is 0 Å². The third-order valence-corrected chi connectivity index (χ3v) is 4.18. The fourth-order valence-electron chi connectivity index (χ4n) is 2.98. The Morgan fingerprint density at radius 1 is 1.28 bits per heavy atom. The molecule has 0 atom stereocenters. The van der Waals surface area contributed by atoms with Crippen LogP contribution < -0.4 is 10.5 Å². The molecule has 0 spiro atoms. The van der Waals surface area contributed by atoms with Gasteiger partial charge in [0.2, 0.25) is 0 Å². The lowest BCUT2D eigenvalue weighted by Gasteiger charge is -2.43. The van der Waals surface area contributed by atoms with Gasteiger partial charge in [-0.1, -0.05) is 6.07 Å². The highest BCUT2D eigenvalue weighted by Gasteiger charge is 2.41. The molecule has 2 rings (SSSR count). The molecule has 3 heteroatoms. The van der Waals surface area contributed by atoms with Gasteiger partial charge < -0.3 is 15.2 Å². The molecule has 3 nitrogen and oxygen atoms in total. The highest BCUT2D eigenvalue weighted by atomic mass is 16.5. The lowest BCUT2D eigenvalue weighted by atomic mass is 9.72. The monoisotopic (exact) mass is 249 g/mol. The molecule has 1 aromatic carbocycles. The Hall–Kier alpha value is -1.06. The van der Waals surface area contributed by atoms with Crippen LogP contribution in [0.2, 0.25) is 0 Å². The predicted molar refractivity (Wildman–Crippen MR) is 73.4 cm³/mol. The van der Waals surface area contributed by atoms with Gasteiger partial charge >= 0.3 is 0 Å². The second kappa shape index (κ2) is 4.90. The Morgan fingerprint density at radius 3 is 2.39 bits per heavy atom. The first-order chi connectivity index (χ1) is 8.55. The fourth-order valence-corrected chi connectivity index (χ4v) is 2.98. The van der Waals surface area contributed by atoms with Gasteiger partial charge in [0.25, 0.3) is 0 Å². The average Bonchev–Trinajstić information content (AvgIpc) is 2.29. The van der Waals surface area contributed by atoms with Crippen molar-refractivity contribution in [2.24, 2.45) is 5.73 Å². The van der Waals surface area contributed by atoms with Gasteiger partial charge in [0, 0.05) is 5.41 Å². The highest BCUT2D eigenvalue weighted by Crippen LogP contribution is 2.41. The summed E-state index contributed by atoms with van der Waals surface area (Å²) in [6.45, 7) is 8.67. The molecule has 100 valence electrons. The number of benzene rings is 1. The molecule has 1 aliphatic rings. The molecule has 0 unspecified atom stereocenters. The van der Waals surface area contributed by atoms with Crippen molar-refractivity contribution in [3.63, 3.8) is 0 Å². The van der Waals surface area contributed by atoms with Crippen molar-refractivity contribution < 1.29 is 9.47 Å². The Bertz CT molecular complexity index is 450. The molecule has 1 aromatic rings. The Morgan fingerprint density at radius 2 is 1.94 bits per heavy atom. The van der Waals surface area contributed by atoms with Gasteiger partial charge in [0.05, 0.1) is 20.3 Å². The normalized spacial score (nSPS) is 17.4. The van der Waals surface area contributed by atoms with Crippen LogP contribution in [0, 0.1) is 20.8 Å². The van der Waals surface area contributed by atoms with E-state index in [0.717, 1.165) is 25.4 Å². The summed E-state index contributed by atoms with van der Waals surface area (Å²) in [7, 11) is 1.73. The van der Waals surface area contributed by atoms with Crippen molar-refractivity contribution in [3.05, 3.63) is 28.3 Å². The number of rotatable bonds is 4. The molecule has 2 N–H and O–H groups in total. The van der Waals surface area contributed by atoms with E-state index in [9.17, 15) is 0 Å². The van der Waals surface area contributed by atoms with Gasteiger partial charge in [-0.05, 0) is 56.0 Å². The molecule has 0 amide bonds. The maximum absolute atomic E-state index is 5.76. The van der Waals surface area contributed by atoms with Crippen LogP contribution in [0.25, 0.3) is 0 Å². The van der Waals surface area contributed by atoms with Crippen LogP contribution >= 0.6 is 0 Å². The van der Waals surface area contributed by atoms with E-state index in [-0.39, 0.29) is 5.41 Å². The molecule has 0 bridgehead atoms. The van der Waals surface area contributed by atoms with Crippen LogP contribution in [0.1, 0.15) is 28.7 Å². The third-order valence-electron chi connectivity index (χ3n) is 4.18. The Labute approximate surface area is 109 Å². The number of hydrogen-bond acceptors (Lipinski definition) is 3. The molecule has 1 saturated heterocycles. The van der Waals surface area contributed by atoms with Crippen LogP contribution in [0.4, 0.5) is 0 Å². The SMILES string of the molecule is COc1c(C)cc(C2(CCN)COC2)c(C)c1C. The number of nitrogens with two attached hydrogens (primary N) is 1. The minimum absolute atomic E-state index is 0.126. The summed E-state index contributed by atoms with van der Waals surface area (Å²) in [5, 5.41) is 0. The van der Waals surface area contributed by atoms with Gasteiger partial charge in [-0.2, -0.15) is 0 Å². The van der Waals surface area contributed by atoms with E-state index >= 15 is 0 Å². The van der Waals surface area contributed by atoms with E-state index in [1.807, 2.05) is 0 Å². The quantitative estimate of drug-likeness (QED) is 0.890. The first-order valence-electron chi connectivity index (χ1n) is 6.49. The second-order valence-electron chi connectivity index (χ2n) is 5.34. The Balaban J connectivity index is 2.51. The van der Waals surface area contributed by atoms with Gasteiger partial charge in [-0.15, -0.1) is 0 Å². The number of ether oxygens (including phenoxy) is 2. The average molecular weight is 249 g/mol. The molecule has 0 aromatic heterocycles. The van der Waals surface area contributed by atoms with Crippen LogP contribution in [0.3, 0.4) is 0 Å². The molecular weight excluding hydrogens is 226 g/mol. The van der Waals surface area contributed by atoms with Crippen LogP contribution in [-0.4, -0.2) is 26.9 Å². The smallest absolute Gasteiger partial charge is 0.124 e. The van der Waals surface area contributed by atoms with Crippen LogP contribution in [-0.2, 0) is 10.2 Å². The zero-order valence-electron chi connectivity index (χ0n) is 11.8. The van der Waals surface area contributed by atoms with E-state index in [2.05, 4.69) is 26.8 Å². The maximum Gasteiger partial charge on any atom is 0.124 e. The topological polar surface area (TPSA) is 44.5 Å². The van der Waals surface area contributed by atoms with Crippen molar-refractivity contribution >= 4 is 0 Å². The predicted octanol–water partition coefficient (Wildman–Crippen LogP) is 2.24. The largest absolute Gasteiger partial charge is 0.496 e. The summed E-state index contributed by atoms with van der Waals surface area (Å²) in [6.07, 6.45) is 0.985. The maximum atomic E-state index is 5.76. The highest BCUT2D eigenvalue weighted by molar-refractivity contribution is 5.52. The van der Waals surface area contributed by atoms with Crippen LogP contribution in [0.5, 0.6) is 5.75 Å². The minimum Gasteiger partial charge on any atom is -0.496 e. The van der Waals surface area contributed by atoms with E-state index < -0.39 is 0 Å². The van der Waals surface area contributed by atoms with Gasteiger partial charge in [-0.3, -0.25) is 0 Å². The first kappa shape index (κ1) is 13.4. The summed E-state index contributed by atoms with van der Waals surface area (Å²) >= 11 is 0. The summed E-state index contributed by atoms with van der Waals surface area (Å²) in [5.74, 6) is 0.999. The van der Waals surface area contributed by atoms with E-state index in [0.29, 0.717) is 6.54 Å². The molecule has 0 radical (unpaired) electrons. The van der Waals surface area contributed by atoms with Crippen LogP contribution in [0.15, 0.2) is 6.07 Å². The summed E-state index contributed by atoms with van der Waals surface area (Å²) in [5.41, 5.74) is 11.0. The zero-order valence-corrected chi connectivity index (χ0v) is 11.8. The van der Waals surface area contributed by atoms with Crippen molar-refractivity contribution in [2.75, 3.05) is 26.9 Å². The summed E-state index contributed by atoms with van der Waals surface area (Å²) in [6, 6.07) is 2.25. The summed E-state index contributed by atoms with van der Waals surface area (Å²) in [4.78, 5) is 0. The van der Waals surface area contributed by atoms with E-state index in [4.69, 9.17) is 15.2 Å². The molecule has 1 aliphatic heterocycles. The minimum atomic E-state index is 0.126. The van der Waals surface area contributed by atoms with Crippen molar-refractivity contribution in [1.29, 1.82) is 0 Å². The second-order valence-corrected chi connectivity index (χ2v) is 5.34. The van der Waals surface area contributed by atoms with Gasteiger partial charge in [-0.25, -0.2) is 0 Å². The van der Waals surface area contributed by atoms with Crippen molar-refractivity contribution in [2.45, 2.75) is 32.6 Å². The summed E-state index contributed by atoms with van der Waals surface area (Å²) < 4.78 is 10.9. The van der Waals surface area contributed by atoms with Gasteiger partial charge in [0.1, 0.15) is 5.75 Å². The molecule has 1 fully saturated rings. The van der Waals surface area contributed by atoms with Crippen molar-refractivity contribution in [3.8, 4) is 5.75 Å². The fraction of sp³-hybridized carbons (Fsp3) is 0.600. The molecule has 1 heterocycles. The standard InChI is InChI=1S/C15H23NO2/c1-10-7-13(11(2)12(3)14(10)17-4)15(5-6-16)8-18-9-15/h7H,5-6,8-9,16H2,1-4H3. The number of methoxy groups -OCH3 is 1. The number of hydrogen-bond donors (Lipinski definition) is 1. The molecule has 0 saturated carbocycles. The lowest BCUT2D eigenvalue weighted by Crippen LogP contribution is -2.48. The number of aryl methyl sites for hydroxylation is 1.